The average Bonchev–Trinajstić information content (AvgIpc) is 2.94. The number of benzene rings is 1. The summed E-state index contributed by atoms with van der Waals surface area (Å²) in [7, 11) is 0. The molecule has 20 heavy (non-hydrogen) atoms. The Morgan fingerprint density at radius 1 is 1.40 bits per heavy atom. The molecule has 0 saturated heterocycles. The number of aromatic nitrogens is 4. The van der Waals surface area contributed by atoms with E-state index in [-0.39, 0.29) is 5.49 Å². The number of nitrogens with one attached hydrogen (secondary N) is 2. The van der Waals surface area contributed by atoms with Crippen LogP contribution in [0.25, 0.3) is 11.2 Å². The first kappa shape index (κ1) is 12.4. The largest absolute Gasteiger partial charge is 0.340 e. The van der Waals surface area contributed by atoms with Crippen LogP contribution in [0.5, 0.6) is 0 Å². The Bertz CT molecular complexity index is 886. The molecule has 2 heterocycles. The average molecular weight is 285 g/mol. The number of rotatable bonds is 2. The molecule has 0 aliphatic heterocycles. The summed E-state index contributed by atoms with van der Waals surface area (Å²) < 4.78 is 1.76. The molecule has 3 aromatic rings. The van der Waals surface area contributed by atoms with Gasteiger partial charge >= 0.3 is 0 Å². The lowest BCUT2D eigenvalue weighted by Gasteiger charge is -2.10. The van der Waals surface area contributed by atoms with Gasteiger partial charge in [-0.05, 0) is 12.1 Å². The van der Waals surface area contributed by atoms with E-state index >= 15 is 0 Å². The van der Waals surface area contributed by atoms with E-state index in [0.29, 0.717) is 33.9 Å². The number of hydrogen-bond donors (Lipinski definition) is 2. The third kappa shape index (κ3) is 1.94. The van der Waals surface area contributed by atoms with Crippen LogP contribution in [0.1, 0.15) is 11.1 Å². The normalized spacial score (nSPS) is 10.6. The summed E-state index contributed by atoms with van der Waals surface area (Å²) in [6.45, 7) is 0.372. The van der Waals surface area contributed by atoms with Crippen molar-refractivity contribution in [3.63, 3.8) is 0 Å². The lowest BCUT2D eigenvalue weighted by Crippen LogP contribution is -2.13. The van der Waals surface area contributed by atoms with Crippen molar-refractivity contribution in [1.82, 2.24) is 19.5 Å². The highest BCUT2D eigenvalue weighted by molar-refractivity contribution is 6.31. The number of nitrogens with zero attached hydrogens (tertiary/aromatic N) is 4. The third-order valence-corrected chi connectivity index (χ3v) is 3.38. The monoisotopic (exact) mass is 284 g/mol. The van der Waals surface area contributed by atoms with Crippen molar-refractivity contribution >= 4 is 22.8 Å². The van der Waals surface area contributed by atoms with E-state index in [1.807, 2.05) is 0 Å². The van der Waals surface area contributed by atoms with Crippen LogP contribution in [-0.2, 0) is 6.54 Å². The second-order valence-corrected chi connectivity index (χ2v) is 4.61. The fraction of sp³-hybridized carbons (Fsp3) is 0.0769. The third-order valence-electron chi connectivity index (χ3n) is 3.02. The summed E-state index contributed by atoms with van der Waals surface area (Å²) in [6, 6.07) is 7.33. The van der Waals surface area contributed by atoms with E-state index in [0.717, 1.165) is 0 Å². The van der Waals surface area contributed by atoms with Crippen molar-refractivity contribution in [2.45, 2.75) is 6.54 Å². The summed E-state index contributed by atoms with van der Waals surface area (Å²) in [5.74, 6) is 0. The number of imidazole rings is 1. The summed E-state index contributed by atoms with van der Waals surface area (Å²) in [5.41, 5.74) is 2.52. The molecule has 0 atom stereocenters. The Hall–Kier alpha value is -2.65. The molecule has 1 aromatic carbocycles. The Morgan fingerprint density at radius 3 is 3.05 bits per heavy atom. The number of H-pyrrole nitrogens is 1. The molecule has 3 rings (SSSR count). The predicted octanol–water partition coefficient (Wildman–Crippen LogP) is 1.81. The van der Waals surface area contributed by atoms with Crippen LogP contribution in [0.2, 0.25) is 5.02 Å². The molecular weight excluding hydrogens is 276 g/mol. The van der Waals surface area contributed by atoms with Crippen LogP contribution in [0.15, 0.2) is 30.9 Å². The first-order chi connectivity index (χ1) is 9.70. The first-order valence-corrected chi connectivity index (χ1v) is 6.19. The first-order valence-electron chi connectivity index (χ1n) is 5.81. The highest BCUT2D eigenvalue weighted by Gasteiger charge is 2.10. The van der Waals surface area contributed by atoms with Crippen molar-refractivity contribution in [2.75, 3.05) is 0 Å². The number of nitriles is 1. The van der Waals surface area contributed by atoms with Crippen LogP contribution < -0.4 is 5.49 Å². The van der Waals surface area contributed by atoms with E-state index in [4.69, 9.17) is 22.3 Å². The quantitative estimate of drug-likeness (QED) is 0.751. The van der Waals surface area contributed by atoms with E-state index < -0.39 is 0 Å². The molecule has 7 heteroatoms. The smallest absolute Gasteiger partial charge is 0.173 e. The highest BCUT2D eigenvalue weighted by Crippen LogP contribution is 2.21. The van der Waals surface area contributed by atoms with Gasteiger partial charge in [-0.3, -0.25) is 5.41 Å². The van der Waals surface area contributed by atoms with E-state index in [9.17, 15) is 0 Å². The van der Waals surface area contributed by atoms with Crippen LogP contribution in [0.3, 0.4) is 0 Å². The molecule has 2 N–H and O–H groups in total. The van der Waals surface area contributed by atoms with Crippen molar-refractivity contribution in [1.29, 1.82) is 10.7 Å². The molecule has 0 spiro atoms. The minimum atomic E-state index is 0.133. The number of aromatic amines is 1. The van der Waals surface area contributed by atoms with E-state index in [1.54, 1.807) is 22.8 Å². The topological polar surface area (TPSA) is 94.1 Å². The van der Waals surface area contributed by atoms with Gasteiger partial charge in [0.05, 0.1) is 30.8 Å². The molecule has 0 amide bonds. The van der Waals surface area contributed by atoms with Gasteiger partial charge in [0.15, 0.2) is 11.1 Å². The summed E-state index contributed by atoms with van der Waals surface area (Å²) in [6.07, 6.45) is 3.04. The van der Waals surface area contributed by atoms with Crippen LogP contribution >= 0.6 is 11.6 Å². The molecular formula is C13H9ClN6. The standard InChI is InChI=1S/C13H9ClN6/c14-10-3-1-2-8(4-15)9(10)5-20-7-19-12(16)11-13(20)18-6-17-11/h1-3,6-7,16H,5H2,(H,17,18). The van der Waals surface area contributed by atoms with Gasteiger partial charge in [-0.1, -0.05) is 17.7 Å². The van der Waals surface area contributed by atoms with E-state index in [2.05, 4.69) is 21.0 Å². The van der Waals surface area contributed by atoms with Gasteiger partial charge in [0, 0.05) is 10.6 Å². The maximum Gasteiger partial charge on any atom is 0.173 e. The SMILES string of the molecule is N#Cc1cccc(Cl)c1Cn1cnc(=N)c2[nH]cnc21. The zero-order chi connectivity index (χ0) is 14.1. The fourth-order valence-electron chi connectivity index (χ4n) is 2.04. The molecule has 0 radical (unpaired) electrons. The molecule has 2 aromatic heterocycles. The lowest BCUT2D eigenvalue weighted by molar-refractivity contribution is 0.782. The second kappa shape index (κ2) is 4.79. The van der Waals surface area contributed by atoms with Crippen LogP contribution in [-0.4, -0.2) is 19.5 Å². The van der Waals surface area contributed by atoms with Crippen LogP contribution in [0, 0.1) is 16.7 Å². The molecule has 98 valence electrons. The van der Waals surface area contributed by atoms with Gasteiger partial charge in [0.1, 0.15) is 5.52 Å². The zero-order valence-corrected chi connectivity index (χ0v) is 11.0. The van der Waals surface area contributed by atoms with Crippen molar-refractivity contribution in [3.8, 4) is 6.07 Å². The summed E-state index contributed by atoms with van der Waals surface area (Å²) in [5, 5.41) is 17.4. The molecule has 0 saturated carbocycles. The molecule has 0 aliphatic carbocycles. The maximum atomic E-state index is 9.15. The minimum absolute atomic E-state index is 0.133. The van der Waals surface area contributed by atoms with Crippen LogP contribution in [0.4, 0.5) is 0 Å². The van der Waals surface area contributed by atoms with Gasteiger partial charge in [-0.25, -0.2) is 9.97 Å². The summed E-state index contributed by atoms with van der Waals surface area (Å²) >= 11 is 6.16. The fourth-order valence-corrected chi connectivity index (χ4v) is 2.27. The van der Waals surface area contributed by atoms with E-state index in [1.165, 1.54) is 12.7 Å². The van der Waals surface area contributed by atoms with Gasteiger partial charge < -0.3 is 9.55 Å². The number of fused-ring (bicyclic) bond motifs is 1. The van der Waals surface area contributed by atoms with Gasteiger partial charge in [-0.2, -0.15) is 5.26 Å². The molecule has 0 aliphatic rings. The number of halogens is 1. The molecule has 0 fully saturated rings. The Labute approximate surface area is 118 Å². The zero-order valence-electron chi connectivity index (χ0n) is 10.3. The Morgan fingerprint density at radius 2 is 2.25 bits per heavy atom. The Balaban J connectivity index is 2.16. The maximum absolute atomic E-state index is 9.15. The minimum Gasteiger partial charge on any atom is -0.340 e. The van der Waals surface area contributed by atoms with Gasteiger partial charge in [-0.15, -0.1) is 0 Å². The highest BCUT2D eigenvalue weighted by atomic mass is 35.5. The van der Waals surface area contributed by atoms with Crippen molar-refractivity contribution < 1.29 is 0 Å². The number of hydrogen-bond acceptors (Lipinski definition) is 4. The Kier molecular flexibility index (Phi) is 2.97. The van der Waals surface area contributed by atoms with Crippen molar-refractivity contribution in [3.05, 3.63) is 52.5 Å². The van der Waals surface area contributed by atoms with Gasteiger partial charge in [0.2, 0.25) is 0 Å². The molecule has 0 unspecified atom stereocenters. The van der Waals surface area contributed by atoms with Crippen molar-refractivity contribution in [2.24, 2.45) is 0 Å². The predicted molar refractivity (Wildman–Crippen MR) is 73.0 cm³/mol. The second-order valence-electron chi connectivity index (χ2n) is 4.20. The summed E-state index contributed by atoms with van der Waals surface area (Å²) in [4.78, 5) is 11.1. The lowest BCUT2D eigenvalue weighted by atomic mass is 10.1. The molecule has 0 bridgehead atoms. The molecule has 6 nitrogen and oxygen atoms in total. The van der Waals surface area contributed by atoms with Gasteiger partial charge in [0.25, 0.3) is 0 Å².